The molecule has 0 bridgehead atoms. The Kier molecular flexibility index (Phi) is 3.94. The molecular formula is C16H19N3O. The van der Waals surface area contributed by atoms with Crippen LogP contribution in [0, 0.1) is 13.8 Å². The fourth-order valence-corrected chi connectivity index (χ4v) is 2.18. The number of nitrogens with zero attached hydrogens (tertiary/aromatic N) is 2. The molecule has 0 saturated heterocycles. The van der Waals surface area contributed by atoms with Crippen molar-refractivity contribution < 1.29 is 5.21 Å². The zero-order chi connectivity index (χ0) is 14.7. The highest BCUT2D eigenvalue weighted by molar-refractivity contribution is 5.98. The summed E-state index contributed by atoms with van der Waals surface area (Å²) in [6, 6.07) is 14.2. The molecule has 0 aliphatic heterocycles. The number of rotatable bonds is 3. The van der Waals surface area contributed by atoms with Gasteiger partial charge in [0.1, 0.15) is 0 Å². The van der Waals surface area contributed by atoms with Gasteiger partial charge in [-0.2, -0.15) is 0 Å². The predicted octanol–water partition coefficient (Wildman–Crippen LogP) is 3.17. The molecule has 0 saturated carbocycles. The minimum atomic E-state index is 0.132. The maximum Gasteiger partial charge on any atom is 0.170 e. The van der Waals surface area contributed by atoms with E-state index in [1.165, 1.54) is 5.56 Å². The lowest BCUT2D eigenvalue weighted by Gasteiger charge is -2.21. The first-order valence-electron chi connectivity index (χ1n) is 6.42. The van der Waals surface area contributed by atoms with Crippen LogP contribution in [0.3, 0.4) is 0 Å². The van der Waals surface area contributed by atoms with Crippen LogP contribution in [0.1, 0.15) is 16.7 Å². The standard InChI is InChI=1S/C16H19N3O/c1-11-5-4-6-13(9-11)19(3)14-7-8-15(12(2)10-14)16(17)18-20/h4-10,20H,1-3H3,(H2,17,18). The third-order valence-electron chi connectivity index (χ3n) is 3.37. The van der Waals surface area contributed by atoms with Crippen molar-refractivity contribution in [2.75, 3.05) is 11.9 Å². The van der Waals surface area contributed by atoms with Crippen LogP contribution in [0.5, 0.6) is 0 Å². The normalized spacial score (nSPS) is 11.4. The first-order chi connectivity index (χ1) is 9.52. The van der Waals surface area contributed by atoms with E-state index in [1.807, 2.05) is 38.2 Å². The fraction of sp³-hybridized carbons (Fsp3) is 0.188. The van der Waals surface area contributed by atoms with E-state index in [9.17, 15) is 0 Å². The Morgan fingerprint density at radius 3 is 2.40 bits per heavy atom. The maximum absolute atomic E-state index is 8.75. The van der Waals surface area contributed by atoms with Gasteiger partial charge in [-0.1, -0.05) is 17.3 Å². The number of nitrogens with two attached hydrogens (primary N) is 1. The Morgan fingerprint density at radius 2 is 1.80 bits per heavy atom. The summed E-state index contributed by atoms with van der Waals surface area (Å²) in [5.41, 5.74) is 10.8. The monoisotopic (exact) mass is 269 g/mol. The molecule has 0 atom stereocenters. The van der Waals surface area contributed by atoms with Gasteiger partial charge in [-0.3, -0.25) is 0 Å². The summed E-state index contributed by atoms with van der Waals surface area (Å²) in [5.74, 6) is 0.132. The van der Waals surface area contributed by atoms with Crippen molar-refractivity contribution in [3.05, 3.63) is 59.2 Å². The fourth-order valence-electron chi connectivity index (χ4n) is 2.18. The molecular weight excluding hydrogens is 250 g/mol. The molecule has 3 N–H and O–H groups in total. The van der Waals surface area contributed by atoms with Gasteiger partial charge in [-0.15, -0.1) is 0 Å². The van der Waals surface area contributed by atoms with Crippen LogP contribution in [0.4, 0.5) is 11.4 Å². The summed E-state index contributed by atoms with van der Waals surface area (Å²) >= 11 is 0. The lowest BCUT2D eigenvalue weighted by molar-refractivity contribution is 0.318. The first kappa shape index (κ1) is 13.9. The van der Waals surface area contributed by atoms with Crippen LogP contribution in [-0.2, 0) is 0 Å². The quantitative estimate of drug-likeness (QED) is 0.389. The highest BCUT2D eigenvalue weighted by atomic mass is 16.4. The number of oxime groups is 1. The molecule has 0 spiro atoms. The zero-order valence-corrected chi connectivity index (χ0v) is 12.0. The van der Waals surface area contributed by atoms with Gasteiger partial charge in [0.2, 0.25) is 0 Å². The van der Waals surface area contributed by atoms with Crippen LogP contribution >= 0.6 is 0 Å². The Balaban J connectivity index is 2.37. The molecule has 104 valence electrons. The van der Waals surface area contributed by atoms with Gasteiger partial charge >= 0.3 is 0 Å². The molecule has 0 heterocycles. The molecule has 0 aromatic heterocycles. The van der Waals surface area contributed by atoms with E-state index in [0.717, 1.165) is 22.5 Å². The van der Waals surface area contributed by atoms with E-state index < -0.39 is 0 Å². The second-order valence-corrected chi connectivity index (χ2v) is 4.88. The molecule has 0 aliphatic carbocycles. The van der Waals surface area contributed by atoms with Crippen molar-refractivity contribution in [1.82, 2.24) is 0 Å². The van der Waals surface area contributed by atoms with Gasteiger partial charge < -0.3 is 15.8 Å². The number of amidine groups is 1. The largest absolute Gasteiger partial charge is 0.409 e. The average Bonchev–Trinajstić information content (AvgIpc) is 2.45. The molecule has 0 unspecified atom stereocenters. The minimum Gasteiger partial charge on any atom is -0.409 e. The Morgan fingerprint density at radius 1 is 1.10 bits per heavy atom. The van der Waals surface area contributed by atoms with Crippen molar-refractivity contribution in [1.29, 1.82) is 0 Å². The van der Waals surface area contributed by atoms with Crippen LogP contribution in [-0.4, -0.2) is 18.1 Å². The summed E-state index contributed by atoms with van der Waals surface area (Å²) < 4.78 is 0. The second-order valence-electron chi connectivity index (χ2n) is 4.88. The number of anilines is 2. The van der Waals surface area contributed by atoms with Crippen LogP contribution in [0.2, 0.25) is 0 Å². The molecule has 0 aliphatic rings. The lowest BCUT2D eigenvalue weighted by atomic mass is 10.1. The van der Waals surface area contributed by atoms with Gasteiger partial charge in [0.25, 0.3) is 0 Å². The van der Waals surface area contributed by atoms with Crippen molar-refractivity contribution in [3.63, 3.8) is 0 Å². The Bertz CT molecular complexity index is 650. The molecule has 20 heavy (non-hydrogen) atoms. The number of benzene rings is 2. The van der Waals surface area contributed by atoms with Crippen molar-refractivity contribution >= 4 is 17.2 Å². The highest BCUT2D eigenvalue weighted by Gasteiger charge is 2.08. The smallest absolute Gasteiger partial charge is 0.170 e. The minimum absolute atomic E-state index is 0.132. The van der Waals surface area contributed by atoms with Crippen LogP contribution < -0.4 is 10.6 Å². The van der Waals surface area contributed by atoms with Crippen molar-refractivity contribution in [3.8, 4) is 0 Å². The molecule has 2 aromatic rings. The van der Waals surface area contributed by atoms with E-state index in [1.54, 1.807) is 0 Å². The van der Waals surface area contributed by atoms with E-state index in [0.29, 0.717) is 0 Å². The maximum atomic E-state index is 8.75. The van der Waals surface area contributed by atoms with Gasteiger partial charge in [0.15, 0.2) is 5.84 Å². The summed E-state index contributed by atoms with van der Waals surface area (Å²) in [7, 11) is 2.02. The number of hydrogen-bond donors (Lipinski definition) is 2. The number of hydrogen-bond acceptors (Lipinski definition) is 3. The molecule has 0 radical (unpaired) electrons. The molecule has 4 heteroatoms. The topological polar surface area (TPSA) is 61.8 Å². The van der Waals surface area contributed by atoms with Gasteiger partial charge in [0, 0.05) is 24.0 Å². The van der Waals surface area contributed by atoms with Gasteiger partial charge in [-0.05, 0) is 55.3 Å². The molecule has 0 fully saturated rings. The molecule has 2 aromatic carbocycles. The van der Waals surface area contributed by atoms with Crippen molar-refractivity contribution in [2.24, 2.45) is 10.9 Å². The lowest BCUT2D eigenvalue weighted by Crippen LogP contribution is -2.16. The summed E-state index contributed by atoms with van der Waals surface area (Å²) in [6.07, 6.45) is 0. The molecule has 4 nitrogen and oxygen atoms in total. The van der Waals surface area contributed by atoms with E-state index in [2.05, 4.69) is 35.2 Å². The van der Waals surface area contributed by atoms with E-state index >= 15 is 0 Å². The summed E-state index contributed by atoms with van der Waals surface area (Å²) in [6.45, 7) is 4.02. The zero-order valence-electron chi connectivity index (χ0n) is 12.0. The Hall–Kier alpha value is -2.49. The molecule has 2 rings (SSSR count). The highest BCUT2D eigenvalue weighted by Crippen LogP contribution is 2.26. The predicted molar refractivity (Wildman–Crippen MR) is 82.9 cm³/mol. The third-order valence-corrected chi connectivity index (χ3v) is 3.37. The SMILES string of the molecule is Cc1cccc(N(C)c2ccc(/C(N)=N/O)c(C)c2)c1. The van der Waals surface area contributed by atoms with Crippen molar-refractivity contribution in [2.45, 2.75) is 13.8 Å². The van der Waals surface area contributed by atoms with Crippen LogP contribution in [0.25, 0.3) is 0 Å². The van der Waals surface area contributed by atoms with Gasteiger partial charge in [0.05, 0.1) is 0 Å². The second kappa shape index (κ2) is 5.65. The van der Waals surface area contributed by atoms with Crippen LogP contribution in [0.15, 0.2) is 47.6 Å². The third kappa shape index (κ3) is 2.74. The molecule has 0 amide bonds. The Labute approximate surface area is 119 Å². The average molecular weight is 269 g/mol. The number of aryl methyl sites for hydroxylation is 2. The first-order valence-corrected chi connectivity index (χ1v) is 6.42. The van der Waals surface area contributed by atoms with Gasteiger partial charge in [-0.25, -0.2) is 0 Å². The summed E-state index contributed by atoms with van der Waals surface area (Å²) in [5, 5.41) is 11.8. The van der Waals surface area contributed by atoms with E-state index in [4.69, 9.17) is 10.9 Å². The summed E-state index contributed by atoms with van der Waals surface area (Å²) in [4.78, 5) is 2.11. The van der Waals surface area contributed by atoms with E-state index in [-0.39, 0.29) is 5.84 Å².